The summed E-state index contributed by atoms with van der Waals surface area (Å²) in [6, 6.07) is 16.6. The molecule has 0 atom stereocenters. The molecule has 5 nitrogen and oxygen atoms in total. The molecular weight excluding hydrogens is 318 g/mol. The maximum absolute atomic E-state index is 12.7. The Morgan fingerprint density at radius 1 is 1.08 bits per heavy atom. The van der Waals surface area contributed by atoms with Crippen LogP contribution >= 0.6 is 0 Å². The fourth-order valence-corrected chi connectivity index (χ4v) is 3.00. The summed E-state index contributed by atoms with van der Waals surface area (Å²) in [5.74, 6) is 1.24. The first-order chi connectivity index (χ1) is 12.1. The van der Waals surface area contributed by atoms with Crippen LogP contribution in [0.5, 0.6) is 11.5 Å². The van der Waals surface area contributed by atoms with Gasteiger partial charge in [-0.1, -0.05) is 30.3 Å². The van der Waals surface area contributed by atoms with Gasteiger partial charge in [0, 0.05) is 13.1 Å². The van der Waals surface area contributed by atoms with Crippen LogP contribution < -0.4 is 9.47 Å². The van der Waals surface area contributed by atoms with Crippen LogP contribution in [-0.4, -0.2) is 48.3 Å². The third kappa shape index (κ3) is 4.12. The minimum absolute atomic E-state index is 0.0662. The van der Waals surface area contributed by atoms with Crippen molar-refractivity contribution in [3.8, 4) is 11.5 Å². The largest absolute Gasteiger partial charge is 0.496 e. The van der Waals surface area contributed by atoms with E-state index in [9.17, 15) is 9.90 Å². The summed E-state index contributed by atoms with van der Waals surface area (Å²) in [6.07, 6.45) is 0.974. The normalized spacial score (nSPS) is 16.3. The van der Waals surface area contributed by atoms with Gasteiger partial charge in [0.1, 0.15) is 23.7 Å². The molecule has 1 aliphatic heterocycles. The number of carbonyl (C=O) groups excluding carboxylic acids is 1. The Hall–Kier alpha value is -2.53. The summed E-state index contributed by atoms with van der Waals surface area (Å²) in [4.78, 5) is 14.5. The first kappa shape index (κ1) is 17.3. The molecule has 0 aliphatic carbocycles. The van der Waals surface area contributed by atoms with Crippen LogP contribution in [-0.2, 0) is 0 Å². The molecule has 1 saturated heterocycles. The van der Waals surface area contributed by atoms with Crippen LogP contribution in [0.3, 0.4) is 0 Å². The molecule has 5 heteroatoms. The zero-order valence-corrected chi connectivity index (χ0v) is 14.4. The maximum atomic E-state index is 12.7. The molecule has 25 heavy (non-hydrogen) atoms. The molecule has 3 rings (SSSR count). The zero-order chi connectivity index (χ0) is 17.7. The predicted octanol–water partition coefficient (Wildman–Crippen LogP) is 2.74. The topological polar surface area (TPSA) is 59.0 Å². The first-order valence-corrected chi connectivity index (χ1v) is 8.44. The minimum atomic E-state index is -0.909. The van der Waals surface area contributed by atoms with Gasteiger partial charge < -0.3 is 19.5 Å². The number of hydrogen-bond acceptors (Lipinski definition) is 4. The van der Waals surface area contributed by atoms with Gasteiger partial charge in [0.2, 0.25) is 0 Å². The quantitative estimate of drug-likeness (QED) is 0.908. The molecule has 1 N–H and O–H groups in total. The smallest absolute Gasteiger partial charge is 0.257 e. The van der Waals surface area contributed by atoms with E-state index in [0.717, 1.165) is 5.75 Å². The van der Waals surface area contributed by atoms with Crippen molar-refractivity contribution in [2.45, 2.75) is 18.4 Å². The van der Waals surface area contributed by atoms with E-state index in [4.69, 9.17) is 9.47 Å². The molecule has 0 aromatic heterocycles. The van der Waals surface area contributed by atoms with E-state index < -0.39 is 5.60 Å². The molecule has 0 radical (unpaired) electrons. The second kappa shape index (κ2) is 7.57. The van der Waals surface area contributed by atoms with E-state index in [-0.39, 0.29) is 12.5 Å². The molecular formula is C20H23NO4. The lowest BCUT2D eigenvalue weighted by atomic mass is 9.92. The predicted molar refractivity (Wildman–Crippen MR) is 95.0 cm³/mol. The third-order valence-corrected chi connectivity index (χ3v) is 4.57. The Morgan fingerprint density at radius 2 is 1.72 bits per heavy atom. The minimum Gasteiger partial charge on any atom is -0.496 e. The number of rotatable bonds is 5. The second-order valence-corrected chi connectivity index (χ2v) is 6.32. The number of aliphatic hydroxyl groups is 1. The Balaban J connectivity index is 1.58. The fraction of sp³-hybridized carbons (Fsp3) is 0.350. The van der Waals surface area contributed by atoms with Gasteiger partial charge in [-0.2, -0.15) is 0 Å². The molecule has 0 unspecified atom stereocenters. The van der Waals surface area contributed by atoms with Crippen molar-refractivity contribution in [1.82, 2.24) is 4.90 Å². The highest BCUT2D eigenvalue weighted by Gasteiger charge is 2.35. The average Bonchev–Trinajstić information content (AvgIpc) is 2.67. The van der Waals surface area contributed by atoms with Crippen molar-refractivity contribution < 1.29 is 19.4 Å². The summed E-state index contributed by atoms with van der Waals surface area (Å²) in [5, 5.41) is 10.7. The van der Waals surface area contributed by atoms with Crippen molar-refractivity contribution in [1.29, 1.82) is 0 Å². The number of piperidine rings is 1. The molecule has 1 aliphatic rings. The summed E-state index contributed by atoms with van der Waals surface area (Å²) in [5.41, 5.74) is -0.358. The van der Waals surface area contributed by atoms with Crippen LogP contribution in [0.1, 0.15) is 23.2 Å². The van der Waals surface area contributed by atoms with E-state index in [2.05, 4.69) is 0 Å². The average molecular weight is 341 g/mol. The molecule has 0 bridgehead atoms. The highest BCUT2D eigenvalue weighted by atomic mass is 16.5. The van der Waals surface area contributed by atoms with Crippen molar-refractivity contribution >= 4 is 5.91 Å². The molecule has 132 valence electrons. The summed E-state index contributed by atoms with van der Waals surface area (Å²) in [7, 11) is 1.56. The third-order valence-electron chi connectivity index (χ3n) is 4.57. The van der Waals surface area contributed by atoms with Crippen LogP contribution in [0.25, 0.3) is 0 Å². The molecule has 1 heterocycles. The highest BCUT2D eigenvalue weighted by molar-refractivity contribution is 5.97. The van der Waals surface area contributed by atoms with Gasteiger partial charge in [-0.15, -0.1) is 0 Å². The summed E-state index contributed by atoms with van der Waals surface area (Å²) >= 11 is 0. The van der Waals surface area contributed by atoms with Gasteiger partial charge in [-0.05, 0) is 37.1 Å². The van der Waals surface area contributed by atoms with Crippen molar-refractivity contribution in [2.24, 2.45) is 0 Å². The van der Waals surface area contributed by atoms with Crippen LogP contribution in [0.15, 0.2) is 54.6 Å². The number of methoxy groups -OCH3 is 1. The van der Waals surface area contributed by atoms with Crippen LogP contribution in [0.4, 0.5) is 0 Å². The Bertz CT molecular complexity index is 709. The van der Waals surface area contributed by atoms with Gasteiger partial charge >= 0.3 is 0 Å². The number of benzene rings is 2. The number of ether oxygens (including phenoxy) is 2. The Morgan fingerprint density at radius 3 is 2.40 bits per heavy atom. The molecule has 1 fully saturated rings. The molecule has 0 saturated carbocycles. The maximum Gasteiger partial charge on any atom is 0.257 e. The van der Waals surface area contributed by atoms with E-state index >= 15 is 0 Å². The zero-order valence-electron chi connectivity index (χ0n) is 14.4. The lowest BCUT2D eigenvalue weighted by Crippen LogP contribution is -2.49. The molecule has 2 aromatic carbocycles. The van der Waals surface area contributed by atoms with Gasteiger partial charge in [0.15, 0.2) is 0 Å². The highest BCUT2D eigenvalue weighted by Crippen LogP contribution is 2.26. The van der Waals surface area contributed by atoms with E-state index in [1.165, 1.54) is 0 Å². The fourth-order valence-electron chi connectivity index (χ4n) is 3.00. The van der Waals surface area contributed by atoms with Gasteiger partial charge in [0.25, 0.3) is 5.91 Å². The van der Waals surface area contributed by atoms with E-state index in [1.54, 1.807) is 24.1 Å². The van der Waals surface area contributed by atoms with Crippen LogP contribution in [0.2, 0.25) is 0 Å². The Labute approximate surface area is 147 Å². The van der Waals surface area contributed by atoms with Gasteiger partial charge in [-0.3, -0.25) is 4.79 Å². The van der Waals surface area contributed by atoms with Crippen LogP contribution in [0, 0.1) is 0 Å². The van der Waals surface area contributed by atoms with Gasteiger partial charge in [-0.25, -0.2) is 0 Å². The number of para-hydroxylation sites is 2. The first-order valence-electron chi connectivity index (χ1n) is 8.44. The molecule has 0 spiro atoms. The standard InChI is InChI=1S/C20H23NO4/c1-24-18-10-6-5-9-17(18)19(22)21-13-11-20(23,12-14-21)15-25-16-7-3-2-4-8-16/h2-10,23H,11-15H2,1H3. The number of hydrogen-bond donors (Lipinski definition) is 1. The monoisotopic (exact) mass is 341 g/mol. The summed E-state index contributed by atoms with van der Waals surface area (Å²) in [6.45, 7) is 1.21. The summed E-state index contributed by atoms with van der Waals surface area (Å²) < 4.78 is 11.0. The molecule has 2 aromatic rings. The molecule has 1 amide bonds. The van der Waals surface area contributed by atoms with Crippen molar-refractivity contribution in [3.63, 3.8) is 0 Å². The number of nitrogens with zero attached hydrogens (tertiary/aromatic N) is 1. The van der Waals surface area contributed by atoms with E-state index in [1.807, 2.05) is 42.5 Å². The lowest BCUT2D eigenvalue weighted by molar-refractivity contribution is -0.0475. The van der Waals surface area contributed by atoms with Gasteiger partial charge in [0.05, 0.1) is 12.7 Å². The lowest BCUT2D eigenvalue weighted by Gasteiger charge is -2.38. The van der Waals surface area contributed by atoms with Crippen molar-refractivity contribution in [2.75, 3.05) is 26.8 Å². The second-order valence-electron chi connectivity index (χ2n) is 6.32. The van der Waals surface area contributed by atoms with E-state index in [0.29, 0.717) is 37.2 Å². The number of carbonyl (C=O) groups is 1. The van der Waals surface area contributed by atoms with Crippen molar-refractivity contribution in [3.05, 3.63) is 60.2 Å². The number of amides is 1. The number of likely N-dealkylation sites (tertiary alicyclic amines) is 1. The SMILES string of the molecule is COc1ccccc1C(=O)N1CCC(O)(COc2ccccc2)CC1. The Kier molecular flexibility index (Phi) is 5.24.